The number of rotatable bonds is 1. The van der Waals surface area contributed by atoms with Gasteiger partial charge in [-0.3, -0.25) is 4.40 Å². The van der Waals surface area contributed by atoms with E-state index in [1.54, 1.807) is 11.3 Å². The highest BCUT2D eigenvalue weighted by Gasteiger charge is 2.28. The Balaban J connectivity index is 2.08. The molecule has 1 fully saturated rings. The molecule has 0 bridgehead atoms. The highest BCUT2D eigenvalue weighted by Crippen LogP contribution is 2.25. The molecule has 14 heavy (non-hydrogen) atoms. The fourth-order valence-corrected chi connectivity index (χ4v) is 2.66. The summed E-state index contributed by atoms with van der Waals surface area (Å²) >= 11 is 1.61. The first-order valence-electron chi connectivity index (χ1n) is 4.68. The number of fused-ring (bicyclic) bond motifs is 1. The van der Waals surface area contributed by atoms with Crippen LogP contribution in [0.2, 0.25) is 0 Å². The van der Waals surface area contributed by atoms with E-state index in [4.69, 9.17) is 0 Å². The van der Waals surface area contributed by atoms with Gasteiger partial charge in [-0.05, 0) is 13.0 Å². The van der Waals surface area contributed by atoms with Crippen molar-refractivity contribution < 1.29 is 5.11 Å². The van der Waals surface area contributed by atoms with Crippen LogP contribution in [0.4, 0.5) is 0 Å². The smallest absolute Gasteiger partial charge is 0.193 e. The summed E-state index contributed by atoms with van der Waals surface area (Å²) in [6, 6.07) is 0.0413. The molecule has 2 N–H and O–H groups in total. The van der Waals surface area contributed by atoms with Gasteiger partial charge in [-0.1, -0.05) is 0 Å². The molecular formula is C9H11N3OS. The summed E-state index contributed by atoms with van der Waals surface area (Å²) in [6.07, 6.45) is 4.38. The second-order valence-corrected chi connectivity index (χ2v) is 4.40. The zero-order chi connectivity index (χ0) is 9.54. The number of hydrogen-bond donors (Lipinski definition) is 2. The molecule has 0 aromatic carbocycles. The van der Waals surface area contributed by atoms with Gasteiger partial charge < -0.3 is 10.4 Å². The normalized spacial score (nSPS) is 27.5. The van der Waals surface area contributed by atoms with E-state index >= 15 is 0 Å². The zero-order valence-electron chi connectivity index (χ0n) is 7.55. The van der Waals surface area contributed by atoms with E-state index < -0.39 is 0 Å². The molecule has 1 saturated heterocycles. The Morgan fingerprint density at radius 2 is 2.57 bits per heavy atom. The number of hydrogen-bond acceptors (Lipinski definition) is 4. The Morgan fingerprint density at radius 1 is 1.64 bits per heavy atom. The van der Waals surface area contributed by atoms with Crippen LogP contribution in [0.5, 0.6) is 0 Å². The first kappa shape index (κ1) is 8.40. The molecule has 0 radical (unpaired) electrons. The van der Waals surface area contributed by atoms with Crippen molar-refractivity contribution >= 4 is 16.3 Å². The fourth-order valence-electron chi connectivity index (χ4n) is 1.97. The van der Waals surface area contributed by atoms with Crippen LogP contribution in [-0.4, -0.2) is 27.1 Å². The summed E-state index contributed by atoms with van der Waals surface area (Å²) in [6.45, 7) is 0.878. The fraction of sp³-hybridized carbons (Fsp3) is 0.444. The molecule has 2 aromatic heterocycles. The van der Waals surface area contributed by atoms with Crippen LogP contribution in [0.3, 0.4) is 0 Å². The van der Waals surface area contributed by atoms with Gasteiger partial charge in [0.2, 0.25) is 0 Å². The molecule has 74 valence electrons. The standard InChI is InChI=1S/C9H11N3OS/c13-7-1-2-10-8(7)6-5-11-9-12(6)3-4-14-9/h3-5,7-8,10,13H,1-2H2. The molecule has 0 spiro atoms. The number of nitrogens with one attached hydrogen (secondary N) is 1. The summed E-state index contributed by atoms with van der Waals surface area (Å²) in [5.41, 5.74) is 1.06. The van der Waals surface area contributed by atoms with Gasteiger partial charge in [0.1, 0.15) is 0 Å². The Hall–Kier alpha value is -0.910. The second kappa shape index (κ2) is 3.05. The van der Waals surface area contributed by atoms with Crippen molar-refractivity contribution in [2.45, 2.75) is 18.6 Å². The quantitative estimate of drug-likeness (QED) is 0.730. The Labute approximate surface area is 85.2 Å². The van der Waals surface area contributed by atoms with Gasteiger partial charge in [-0.2, -0.15) is 0 Å². The van der Waals surface area contributed by atoms with E-state index in [0.29, 0.717) is 0 Å². The van der Waals surface area contributed by atoms with Crippen molar-refractivity contribution in [3.63, 3.8) is 0 Å². The SMILES string of the molecule is OC1CCNC1c1cnc2sccn12. The lowest BCUT2D eigenvalue weighted by molar-refractivity contribution is 0.158. The minimum Gasteiger partial charge on any atom is -0.391 e. The minimum absolute atomic E-state index is 0.0413. The van der Waals surface area contributed by atoms with Crippen molar-refractivity contribution in [1.82, 2.24) is 14.7 Å². The molecule has 2 atom stereocenters. The number of nitrogens with zero attached hydrogens (tertiary/aromatic N) is 2. The van der Waals surface area contributed by atoms with Crippen molar-refractivity contribution in [2.24, 2.45) is 0 Å². The van der Waals surface area contributed by atoms with E-state index in [1.807, 2.05) is 22.2 Å². The third-order valence-corrected chi connectivity index (χ3v) is 3.45. The van der Waals surface area contributed by atoms with Gasteiger partial charge in [0.05, 0.1) is 24.0 Å². The van der Waals surface area contributed by atoms with Gasteiger partial charge >= 0.3 is 0 Å². The maximum atomic E-state index is 9.76. The molecule has 4 nitrogen and oxygen atoms in total. The van der Waals surface area contributed by atoms with Crippen LogP contribution in [-0.2, 0) is 0 Å². The molecule has 0 saturated carbocycles. The highest BCUT2D eigenvalue weighted by atomic mass is 32.1. The summed E-state index contributed by atoms with van der Waals surface area (Å²) in [5.74, 6) is 0. The zero-order valence-corrected chi connectivity index (χ0v) is 8.37. The summed E-state index contributed by atoms with van der Waals surface area (Å²) in [4.78, 5) is 5.28. The van der Waals surface area contributed by atoms with Crippen molar-refractivity contribution in [1.29, 1.82) is 0 Å². The first-order valence-corrected chi connectivity index (χ1v) is 5.56. The third kappa shape index (κ3) is 1.10. The van der Waals surface area contributed by atoms with Crippen LogP contribution in [0.15, 0.2) is 17.8 Å². The van der Waals surface area contributed by atoms with Crippen LogP contribution in [0.1, 0.15) is 18.2 Å². The second-order valence-electron chi connectivity index (χ2n) is 3.53. The summed E-state index contributed by atoms with van der Waals surface area (Å²) < 4.78 is 2.04. The Morgan fingerprint density at radius 3 is 3.36 bits per heavy atom. The minimum atomic E-state index is -0.283. The van der Waals surface area contributed by atoms with Crippen LogP contribution >= 0.6 is 11.3 Å². The molecule has 3 heterocycles. The molecule has 1 aliphatic heterocycles. The largest absolute Gasteiger partial charge is 0.391 e. The lowest BCUT2D eigenvalue weighted by atomic mass is 10.1. The predicted molar refractivity (Wildman–Crippen MR) is 54.4 cm³/mol. The number of aromatic nitrogens is 2. The molecule has 5 heteroatoms. The van der Waals surface area contributed by atoms with Crippen molar-refractivity contribution in [2.75, 3.05) is 6.54 Å². The number of aliphatic hydroxyl groups is 1. The van der Waals surface area contributed by atoms with E-state index in [-0.39, 0.29) is 12.1 Å². The molecule has 0 amide bonds. The van der Waals surface area contributed by atoms with Crippen molar-refractivity contribution in [3.05, 3.63) is 23.5 Å². The van der Waals surface area contributed by atoms with Gasteiger partial charge in [0.15, 0.2) is 4.96 Å². The highest BCUT2D eigenvalue weighted by molar-refractivity contribution is 7.15. The summed E-state index contributed by atoms with van der Waals surface area (Å²) in [5, 5.41) is 15.0. The van der Waals surface area contributed by atoms with E-state index in [9.17, 15) is 5.11 Å². The monoisotopic (exact) mass is 209 g/mol. The number of imidazole rings is 1. The van der Waals surface area contributed by atoms with Gasteiger partial charge in [-0.25, -0.2) is 4.98 Å². The van der Waals surface area contributed by atoms with Crippen molar-refractivity contribution in [3.8, 4) is 0 Å². The molecule has 0 aliphatic carbocycles. The molecule has 2 aromatic rings. The van der Waals surface area contributed by atoms with Crippen LogP contribution in [0, 0.1) is 0 Å². The van der Waals surface area contributed by atoms with Gasteiger partial charge in [0.25, 0.3) is 0 Å². The Bertz CT molecular complexity index is 450. The van der Waals surface area contributed by atoms with E-state index in [0.717, 1.165) is 23.6 Å². The first-order chi connectivity index (χ1) is 6.86. The number of thiazole rings is 1. The molecule has 1 aliphatic rings. The average molecular weight is 209 g/mol. The third-order valence-electron chi connectivity index (χ3n) is 2.68. The lowest BCUT2D eigenvalue weighted by Gasteiger charge is -2.13. The topological polar surface area (TPSA) is 49.6 Å². The van der Waals surface area contributed by atoms with E-state index in [1.165, 1.54) is 0 Å². The maximum Gasteiger partial charge on any atom is 0.193 e. The van der Waals surface area contributed by atoms with Gasteiger partial charge in [0, 0.05) is 11.6 Å². The molecular weight excluding hydrogens is 198 g/mol. The van der Waals surface area contributed by atoms with Crippen LogP contribution in [0.25, 0.3) is 4.96 Å². The molecule has 3 rings (SSSR count). The van der Waals surface area contributed by atoms with Gasteiger partial charge in [-0.15, -0.1) is 11.3 Å². The predicted octanol–water partition coefficient (Wildman–Crippen LogP) is 0.791. The average Bonchev–Trinajstić information content (AvgIpc) is 2.78. The summed E-state index contributed by atoms with van der Waals surface area (Å²) in [7, 11) is 0. The van der Waals surface area contributed by atoms with E-state index in [2.05, 4.69) is 10.3 Å². The molecule has 2 unspecified atom stereocenters. The number of aliphatic hydroxyl groups excluding tert-OH is 1. The maximum absolute atomic E-state index is 9.76. The lowest BCUT2D eigenvalue weighted by Crippen LogP contribution is -2.22. The van der Waals surface area contributed by atoms with Crippen LogP contribution < -0.4 is 5.32 Å². The Kier molecular flexibility index (Phi) is 1.83.